The molecule has 0 amide bonds. The summed E-state index contributed by atoms with van der Waals surface area (Å²) in [6.45, 7) is 0.567. The number of thiazole rings is 1. The number of hydrogen-bond acceptors (Lipinski definition) is 6. The fourth-order valence-corrected chi connectivity index (χ4v) is 2.27. The Morgan fingerprint density at radius 3 is 2.70 bits per heavy atom. The highest BCUT2D eigenvalue weighted by atomic mass is 32.1. The number of alkyl halides is 3. The number of aryl methyl sites for hydroxylation is 1. The van der Waals surface area contributed by atoms with Gasteiger partial charge in [-0.2, -0.15) is 13.2 Å². The number of halogens is 3. The number of ether oxygens (including phenoxy) is 2. The third-order valence-corrected chi connectivity index (χ3v) is 3.65. The second-order valence-corrected chi connectivity index (χ2v) is 5.39. The minimum atomic E-state index is -4.44. The average molecular weight is 346 g/mol. The summed E-state index contributed by atoms with van der Waals surface area (Å²) >= 11 is 1.48. The first-order valence-electron chi connectivity index (χ1n) is 6.63. The lowest BCUT2D eigenvalue weighted by atomic mass is 10.3. The van der Waals surface area contributed by atoms with Crippen molar-refractivity contribution in [2.45, 2.75) is 26.1 Å². The highest BCUT2D eigenvalue weighted by Crippen LogP contribution is 2.17. The monoisotopic (exact) mass is 346 g/mol. The molecule has 2 heterocycles. The summed E-state index contributed by atoms with van der Waals surface area (Å²) in [4.78, 5) is 19.7. The molecule has 0 spiro atoms. The number of esters is 1. The highest BCUT2D eigenvalue weighted by molar-refractivity contribution is 7.09. The van der Waals surface area contributed by atoms with Gasteiger partial charge in [0.05, 0.1) is 16.3 Å². The lowest BCUT2D eigenvalue weighted by Crippen LogP contribution is -2.19. The van der Waals surface area contributed by atoms with Crippen molar-refractivity contribution in [1.29, 1.82) is 0 Å². The van der Waals surface area contributed by atoms with Gasteiger partial charge in [0.1, 0.15) is 6.61 Å². The highest BCUT2D eigenvalue weighted by Gasteiger charge is 2.28. The van der Waals surface area contributed by atoms with E-state index in [9.17, 15) is 18.0 Å². The molecule has 0 bridgehead atoms. The molecule has 23 heavy (non-hydrogen) atoms. The van der Waals surface area contributed by atoms with E-state index in [1.165, 1.54) is 23.5 Å². The molecule has 5 nitrogen and oxygen atoms in total. The molecule has 0 saturated carbocycles. The van der Waals surface area contributed by atoms with Crippen molar-refractivity contribution in [3.8, 4) is 5.88 Å². The van der Waals surface area contributed by atoms with Crippen LogP contribution in [0.25, 0.3) is 0 Å². The van der Waals surface area contributed by atoms with Crippen LogP contribution in [0.3, 0.4) is 0 Å². The molecule has 0 aromatic carbocycles. The Bertz CT molecular complexity index is 656. The summed E-state index contributed by atoms with van der Waals surface area (Å²) in [7, 11) is 0. The summed E-state index contributed by atoms with van der Waals surface area (Å²) < 4.78 is 45.5. The first-order chi connectivity index (χ1) is 10.9. The SMILES string of the molecule is CCc1nc(COC(=O)c2ccc(OCC(F)(F)F)nc2)cs1. The van der Waals surface area contributed by atoms with E-state index in [0.717, 1.165) is 17.6 Å². The molecule has 2 aromatic heterocycles. The van der Waals surface area contributed by atoms with Crippen LogP contribution in [0.15, 0.2) is 23.7 Å². The zero-order valence-corrected chi connectivity index (χ0v) is 12.9. The smallest absolute Gasteiger partial charge is 0.422 e. The Hall–Kier alpha value is -2.16. The molecule has 2 rings (SSSR count). The maximum Gasteiger partial charge on any atom is 0.422 e. The van der Waals surface area contributed by atoms with Crippen molar-refractivity contribution in [3.63, 3.8) is 0 Å². The molecule has 0 aliphatic carbocycles. The van der Waals surface area contributed by atoms with E-state index in [2.05, 4.69) is 14.7 Å². The van der Waals surface area contributed by atoms with Gasteiger partial charge < -0.3 is 9.47 Å². The standard InChI is InChI=1S/C14H13F3N2O3S/c1-2-12-19-10(7-23-12)6-21-13(20)9-3-4-11(18-5-9)22-8-14(15,16)17/h3-5,7H,2,6,8H2,1H3. The van der Waals surface area contributed by atoms with Gasteiger partial charge in [-0.05, 0) is 12.5 Å². The second-order valence-electron chi connectivity index (χ2n) is 4.45. The van der Waals surface area contributed by atoms with E-state index in [-0.39, 0.29) is 18.1 Å². The Labute approximate surface area is 134 Å². The van der Waals surface area contributed by atoms with Gasteiger partial charge in [-0.1, -0.05) is 6.92 Å². The minimum Gasteiger partial charge on any atom is -0.468 e. The number of carbonyl (C=O) groups is 1. The molecule has 0 aliphatic heterocycles. The largest absolute Gasteiger partial charge is 0.468 e. The number of pyridine rings is 1. The van der Waals surface area contributed by atoms with Crippen molar-refractivity contribution in [3.05, 3.63) is 40.0 Å². The van der Waals surface area contributed by atoms with Crippen molar-refractivity contribution in [2.75, 3.05) is 6.61 Å². The van der Waals surface area contributed by atoms with Crippen molar-refractivity contribution < 1.29 is 27.4 Å². The van der Waals surface area contributed by atoms with Gasteiger partial charge in [0.2, 0.25) is 5.88 Å². The molecular weight excluding hydrogens is 333 g/mol. The van der Waals surface area contributed by atoms with Crippen molar-refractivity contribution in [1.82, 2.24) is 9.97 Å². The molecule has 0 N–H and O–H groups in total. The second kappa shape index (κ2) is 7.40. The van der Waals surface area contributed by atoms with Crippen LogP contribution in [-0.2, 0) is 17.8 Å². The Morgan fingerprint density at radius 1 is 1.35 bits per heavy atom. The van der Waals surface area contributed by atoms with Crippen LogP contribution in [0, 0.1) is 0 Å². The third-order valence-electron chi connectivity index (χ3n) is 2.61. The van der Waals surface area contributed by atoms with Gasteiger partial charge in [-0.25, -0.2) is 14.8 Å². The van der Waals surface area contributed by atoms with Crippen LogP contribution >= 0.6 is 11.3 Å². The predicted octanol–water partition coefficient (Wildman–Crippen LogP) is 3.40. The van der Waals surface area contributed by atoms with Crippen molar-refractivity contribution >= 4 is 17.3 Å². The van der Waals surface area contributed by atoms with Gasteiger partial charge in [-0.3, -0.25) is 0 Å². The summed E-state index contributed by atoms with van der Waals surface area (Å²) in [5, 5.41) is 2.75. The van der Waals surface area contributed by atoms with E-state index >= 15 is 0 Å². The molecule has 2 aromatic rings. The number of rotatable bonds is 6. The Morgan fingerprint density at radius 2 is 2.13 bits per heavy atom. The molecular formula is C14H13F3N2O3S. The summed E-state index contributed by atoms with van der Waals surface area (Å²) in [6.07, 6.45) is -2.53. The van der Waals surface area contributed by atoms with Gasteiger partial charge in [0.25, 0.3) is 0 Å². The van der Waals surface area contributed by atoms with Gasteiger partial charge in [-0.15, -0.1) is 11.3 Å². The average Bonchev–Trinajstić information content (AvgIpc) is 2.98. The predicted molar refractivity (Wildman–Crippen MR) is 76.4 cm³/mol. The lowest BCUT2D eigenvalue weighted by Gasteiger charge is -2.08. The topological polar surface area (TPSA) is 61.3 Å². The van der Waals surface area contributed by atoms with Crippen LogP contribution in [-0.4, -0.2) is 28.7 Å². The third kappa shape index (κ3) is 5.51. The Balaban J connectivity index is 1.87. The van der Waals surface area contributed by atoms with E-state index in [1.807, 2.05) is 6.92 Å². The van der Waals surface area contributed by atoms with Crippen LogP contribution in [0.2, 0.25) is 0 Å². The lowest BCUT2D eigenvalue weighted by molar-refractivity contribution is -0.154. The van der Waals surface area contributed by atoms with Crippen LogP contribution in [0.4, 0.5) is 13.2 Å². The Kier molecular flexibility index (Phi) is 5.54. The number of hydrogen-bond donors (Lipinski definition) is 0. The quantitative estimate of drug-likeness (QED) is 0.750. The first-order valence-corrected chi connectivity index (χ1v) is 7.51. The molecule has 0 saturated heterocycles. The van der Waals surface area contributed by atoms with Crippen molar-refractivity contribution in [2.24, 2.45) is 0 Å². The van der Waals surface area contributed by atoms with Gasteiger partial charge >= 0.3 is 12.1 Å². The van der Waals surface area contributed by atoms with Crippen LogP contribution in [0.1, 0.15) is 28.0 Å². The summed E-state index contributed by atoms with van der Waals surface area (Å²) in [6, 6.07) is 2.47. The number of carbonyl (C=O) groups excluding carboxylic acids is 1. The normalized spacial score (nSPS) is 11.3. The van der Waals surface area contributed by atoms with E-state index in [4.69, 9.17) is 4.74 Å². The molecule has 0 aliphatic rings. The fraction of sp³-hybridized carbons (Fsp3) is 0.357. The van der Waals surface area contributed by atoms with Crippen LogP contribution < -0.4 is 4.74 Å². The maximum absolute atomic E-state index is 12.0. The molecule has 0 atom stereocenters. The fourth-order valence-electron chi connectivity index (χ4n) is 1.54. The van der Waals surface area contributed by atoms with E-state index in [0.29, 0.717) is 5.69 Å². The number of nitrogens with zero attached hydrogens (tertiary/aromatic N) is 2. The van der Waals surface area contributed by atoms with E-state index in [1.54, 1.807) is 5.38 Å². The zero-order chi connectivity index (χ0) is 16.9. The zero-order valence-electron chi connectivity index (χ0n) is 12.1. The van der Waals surface area contributed by atoms with E-state index < -0.39 is 18.8 Å². The summed E-state index contributed by atoms with van der Waals surface area (Å²) in [5.74, 6) is -0.850. The molecule has 0 unspecified atom stereocenters. The van der Waals surface area contributed by atoms with Gasteiger partial charge in [0.15, 0.2) is 6.61 Å². The first kappa shape index (κ1) is 17.2. The minimum absolute atomic E-state index is 0.0294. The number of aromatic nitrogens is 2. The summed E-state index contributed by atoms with van der Waals surface area (Å²) in [5.41, 5.74) is 0.772. The molecule has 0 fully saturated rings. The van der Waals surface area contributed by atoms with Crippen LogP contribution in [0.5, 0.6) is 5.88 Å². The molecule has 0 radical (unpaired) electrons. The molecule has 9 heteroatoms. The molecule has 124 valence electrons. The maximum atomic E-state index is 12.0. The van der Waals surface area contributed by atoms with Gasteiger partial charge in [0, 0.05) is 17.6 Å².